The first-order valence-corrected chi connectivity index (χ1v) is 10.6. The Morgan fingerprint density at radius 2 is 2.15 bits per heavy atom. The largest absolute Gasteiger partial charge is 0.335 e. The Morgan fingerprint density at radius 3 is 2.81 bits per heavy atom. The van der Waals surface area contributed by atoms with Crippen LogP contribution < -0.4 is 0 Å². The lowest BCUT2D eigenvalue weighted by Crippen LogP contribution is -2.10. The number of pyridine rings is 2. The smallest absolute Gasteiger partial charge is 0.178 e. The van der Waals surface area contributed by atoms with Crippen LogP contribution in [0.4, 0.5) is 0 Å². The number of halogens is 1. The molecular formula is C17H15BrN6OS. The second-order valence-electron chi connectivity index (χ2n) is 6.34. The number of imidazole rings is 1. The van der Waals surface area contributed by atoms with Crippen LogP contribution in [0.3, 0.4) is 0 Å². The summed E-state index contributed by atoms with van der Waals surface area (Å²) >= 11 is 3.37. The van der Waals surface area contributed by atoms with Gasteiger partial charge in [-0.25, -0.2) is 19.0 Å². The monoisotopic (exact) mass is 430 g/mol. The number of fused-ring (bicyclic) bond motifs is 1. The number of nitriles is 1. The van der Waals surface area contributed by atoms with Crippen molar-refractivity contribution >= 4 is 36.8 Å². The number of rotatable bonds is 4. The first-order chi connectivity index (χ1) is 12.4. The van der Waals surface area contributed by atoms with E-state index >= 15 is 0 Å². The van der Waals surface area contributed by atoms with Crippen molar-refractivity contribution in [2.75, 3.05) is 5.75 Å². The van der Waals surface area contributed by atoms with Gasteiger partial charge in [0, 0.05) is 22.6 Å². The predicted molar refractivity (Wildman–Crippen MR) is 101 cm³/mol. The fourth-order valence-corrected chi connectivity index (χ4v) is 4.29. The minimum Gasteiger partial charge on any atom is -0.335 e. The van der Waals surface area contributed by atoms with E-state index in [4.69, 9.17) is 4.78 Å². The van der Waals surface area contributed by atoms with Gasteiger partial charge in [-0.2, -0.15) is 5.26 Å². The van der Waals surface area contributed by atoms with Crippen molar-refractivity contribution in [3.63, 3.8) is 0 Å². The highest BCUT2D eigenvalue weighted by atomic mass is 79.9. The van der Waals surface area contributed by atoms with E-state index in [1.165, 1.54) is 0 Å². The van der Waals surface area contributed by atoms with Crippen LogP contribution in [0.1, 0.15) is 25.3 Å². The molecule has 0 radical (unpaired) electrons. The molecule has 3 aromatic heterocycles. The number of hydrogen-bond donors (Lipinski definition) is 2. The summed E-state index contributed by atoms with van der Waals surface area (Å²) in [5.74, 6) is 0.580. The van der Waals surface area contributed by atoms with Crippen molar-refractivity contribution in [3.8, 4) is 17.6 Å². The minimum absolute atomic E-state index is 0.161. The zero-order valence-corrected chi connectivity index (χ0v) is 16.3. The van der Waals surface area contributed by atoms with Gasteiger partial charge in [0.1, 0.15) is 5.69 Å². The van der Waals surface area contributed by atoms with Crippen LogP contribution in [0, 0.1) is 16.1 Å². The second-order valence-corrected chi connectivity index (χ2v) is 9.62. The van der Waals surface area contributed by atoms with Crippen LogP contribution in [0.5, 0.6) is 0 Å². The summed E-state index contributed by atoms with van der Waals surface area (Å²) in [5.41, 5.74) is 1.78. The van der Waals surface area contributed by atoms with E-state index < -0.39 is 15.1 Å². The zero-order valence-electron chi connectivity index (χ0n) is 13.9. The van der Waals surface area contributed by atoms with Crippen molar-refractivity contribution in [1.29, 1.82) is 10.0 Å². The van der Waals surface area contributed by atoms with E-state index in [0.29, 0.717) is 22.1 Å². The molecule has 4 rings (SSSR count). The van der Waals surface area contributed by atoms with E-state index in [2.05, 4.69) is 41.9 Å². The summed E-state index contributed by atoms with van der Waals surface area (Å²) in [6.07, 6.45) is 4.81. The van der Waals surface area contributed by atoms with Crippen molar-refractivity contribution in [1.82, 2.24) is 19.9 Å². The molecule has 2 N–H and O–H groups in total. The number of nitrogens with zero attached hydrogens (tertiary/aromatic N) is 4. The molecule has 26 heavy (non-hydrogen) atoms. The fraction of sp³-hybridized carbons (Fsp3) is 0.294. The maximum Gasteiger partial charge on any atom is 0.178 e. The number of hydrogen-bond acceptors (Lipinski definition) is 6. The molecule has 0 spiro atoms. The highest BCUT2D eigenvalue weighted by molar-refractivity contribution is 9.10. The van der Waals surface area contributed by atoms with Crippen LogP contribution in [-0.2, 0) is 15.1 Å². The zero-order chi connectivity index (χ0) is 18.5. The molecule has 9 heteroatoms. The van der Waals surface area contributed by atoms with Crippen LogP contribution >= 0.6 is 15.9 Å². The van der Waals surface area contributed by atoms with Crippen LogP contribution in [0.25, 0.3) is 22.7 Å². The Labute approximate surface area is 159 Å². The summed E-state index contributed by atoms with van der Waals surface area (Å²) in [6.45, 7) is 1.71. The van der Waals surface area contributed by atoms with Gasteiger partial charge in [0.25, 0.3) is 0 Å². The lowest BCUT2D eigenvalue weighted by atomic mass is 9.99. The van der Waals surface area contributed by atoms with E-state index in [-0.39, 0.29) is 5.75 Å². The Bertz CT molecular complexity index is 1170. The molecule has 1 saturated carbocycles. The van der Waals surface area contributed by atoms with Gasteiger partial charge in [-0.05, 0) is 46.5 Å². The van der Waals surface area contributed by atoms with Gasteiger partial charge >= 0.3 is 0 Å². The summed E-state index contributed by atoms with van der Waals surface area (Å²) in [5, 5.41) is 9.44. The Kier molecular flexibility index (Phi) is 3.86. The lowest BCUT2D eigenvalue weighted by Gasteiger charge is -2.13. The Balaban J connectivity index is 1.93. The maximum absolute atomic E-state index is 12.9. The quantitative estimate of drug-likeness (QED) is 0.652. The van der Waals surface area contributed by atoms with Crippen molar-refractivity contribution in [2.24, 2.45) is 0 Å². The molecule has 7 nitrogen and oxygen atoms in total. The Hall–Kier alpha value is -2.31. The fourth-order valence-electron chi connectivity index (χ4n) is 2.87. The third-order valence-corrected chi connectivity index (χ3v) is 6.93. The second kappa shape index (κ2) is 5.86. The summed E-state index contributed by atoms with van der Waals surface area (Å²) < 4.78 is 22.0. The standard InChI is InChI=1S/C17H15BrN6OS/c1-2-26(20,25)13-5-10(17(9-19)3-4-17)7-21-14(13)16-23-12-6-11(18)8-22-15(12)24-16/h5-8,20H,2-4H2,1H3,(H,22,23,24)/t26-/m1/s1. The average Bonchev–Trinajstić information content (AvgIpc) is 3.34. The van der Waals surface area contributed by atoms with E-state index in [0.717, 1.165) is 28.4 Å². The van der Waals surface area contributed by atoms with Gasteiger partial charge in [-0.3, -0.25) is 4.98 Å². The van der Waals surface area contributed by atoms with Crippen LogP contribution in [0.15, 0.2) is 33.9 Å². The van der Waals surface area contributed by atoms with Gasteiger partial charge in [-0.1, -0.05) is 6.92 Å². The van der Waals surface area contributed by atoms with Gasteiger partial charge < -0.3 is 4.98 Å². The molecule has 1 fully saturated rings. The number of nitrogens with one attached hydrogen (secondary N) is 2. The number of aromatic amines is 1. The highest BCUT2D eigenvalue weighted by Gasteiger charge is 2.45. The third kappa shape index (κ3) is 2.70. The van der Waals surface area contributed by atoms with Crippen LogP contribution in [-0.4, -0.2) is 29.9 Å². The van der Waals surface area contributed by atoms with E-state index in [9.17, 15) is 9.47 Å². The molecular weight excluding hydrogens is 416 g/mol. The molecule has 0 bridgehead atoms. The topological polar surface area (TPSA) is 119 Å². The first kappa shape index (κ1) is 17.1. The van der Waals surface area contributed by atoms with E-state index in [1.54, 1.807) is 25.4 Å². The molecule has 0 unspecified atom stereocenters. The molecule has 0 aromatic carbocycles. The van der Waals surface area contributed by atoms with Crippen LogP contribution in [0.2, 0.25) is 0 Å². The Morgan fingerprint density at radius 1 is 1.38 bits per heavy atom. The van der Waals surface area contributed by atoms with Crippen molar-refractivity contribution < 1.29 is 4.21 Å². The number of aromatic nitrogens is 4. The SMILES string of the molecule is CC[S@@](=N)(=O)c1cc(C2(C#N)CC2)cnc1-c1nc2ncc(Br)cc2[nH]1. The molecule has 3 aromatic rings. The summed E-state index contributed by atoms with van der Waals surface area (Å²) in [7, 11) is -3.05. The molecule has 0 amide bonds. The molecule has 0 saturated heterocycles. The normalized spacial score (nSPS) is 17.6. The van der Waals surface area contributed by atoms with Gasteiger partial charge in [0.2, 0.25) is 0 Å². The first-order valence-electron chi connectivity index (χ1n) is 8.08. The van der Waals surface area contributed by atoms with Gasteiger partial charge in [-0.15, -0.1) is 0 Å². The van der Waals surface area contributed by atoms with Crippen molar-refractivity contribution in [3.05, 3.63) is 34.6 Å². The highest BCUT2D eigenvalue weighted by Crippen LogP contribution is 2.48. The lowest BCUT2D eigenvalue weighted by molar-refractivity contribution is 0.675. The third-order valence-electron chi connectivity index (χ3n) is 4.66. The predicted octanol–water partition coefficient (Wildman–Crippen LogP) is 3.76. The number of H-pyrrole nitrogens is 1. The summed E-state index contributed by atoms with van der Waals surface area (Å²) in [6, 6.07) is 5.87. The minimum atomic E-state index is -3.05. The van der Waals surface area contributed by atoms with Gasteiger partial charge in [0.15, 0.2) is 11.5 Å². The van der Waals surface area contributed by atoms with Crippen molar-refractivity contribution in [2.45, 2.75) is 30.1 Å². The molecule has 1 atom stereocenters. The maximum atomic E-state index is 12.9. The average molecular weight is 431 g/mol. The molecule has 1 aliphatic carbocycles. The van der Waals surface area contributed by atoms with Gasteiger partial charge in [0.05, 0.1) is 31.6 Å². The molecule has 1 aliphatic rings. The van der Waals surface area contributed by atoms with E-state index in [1.807, 2.05) is 6.07 Å². The molecule has 3 heterocycles. The summed E-state index contributed by atoms with van der Waals surface area (Å²) in [4.78, 5) is 16.6. The molecule has 132 valence electrons. The molecule has 0 aliphatic heterocycles.